The zero-order chi connectivity index (χ0) is 10.1. The zero-order valence-electron chi connectivity index (χ0n) is 8.71. The Labute approximate surface area is 84.5 Å². The van der Waals surface area contributed by atoms with Gasteiger partial charge in [0.25, 0.3) is 0 Å². The van der Waals surface area contributed by atoms with Crippen molar-refractivity contribution in [2.24, 2.45) is 0 Å². The number of carbonyl (C=O) groups excluding carboxylic acids is 1. The van der Waals surface area contributed by atoms with Gasteiger partial charge in [0.05, 0.1) is 0 Å². The van der Waals surface area contributed by atoms with Gasteiger partial charge in [0.2, 0.25) is 5.91 Å². The topological polar surface area (TPSA) is 20.3 Å². The lowest BCUT2D eigenvalue weighted by molar-refractivity contribution is -0.118. The van der Waals surface area contributed by atoms with E-state index in [1.807, 2.05) is 13.1 Å². The van der Waals surface area contributed by atoms with Crippen molar-refractivity contribution in [2.45, 2.75) is 26.2 Å². The van der Waals surface area contributed by atoms with Gasteiger partial charge >= 0.3 is 0 Å². The minimum Gasteiger partial charge on any atom is -0.315 e. The van der Waals surface area contributed by atoms with Crippen molar-refractivity contribution in [3.63, 3.8) is 0 Å². The van der Waals surface area contributed by atoms with Crippen molar-refractivity contribution in [3.05, 3.63) is 29.3 Å². The first-order valence-corrected chi connectivity index (χ1v) is 5.04. The first-order valence-electron chi connectivity index (χ1n) is 5.04. The Bertz CT molecular complexity index is 371. The van der Waals surface area contributed by atoms with Gasteiger partial charge in [-0.3, -0.25) is 4.79 Å². The lowest BCUT2D eigenvalue weighted by Gasteiger charge is -2.17. The third-order valence-corrected chi connectivity index (χ3v) is 2.81. The smallest absolute Gasteiger partial charge is 0.226 e. The average Bonchev–Trinajstić information content (AvgIpc) is 2.28. The molecule has 0 saturated heterocycles. The molecule has 0 saturated carbocycles. The van der Waals surface area contributed by atoms with Crippen LogP contribution in [0.4, 0.5) is 5.69 Å². The summed E-state index contributed by atoms with van der Waals surface area (Å²) in [7, 11) is 1.86. The molecule has 0 fully saturated rings. The van der Waals surface area contributed by atoms with Crippen LogP contribution in [0.15, 0.2) is 18.2 Å². The fourth-order valence-corrected chi connectivity index (χ4v) is 1.97. The number of benzene rings is 1. The maximum absolute atomic E-state index is 11.6. The molecule has 1 aromatic rings. The van der Waals surface area contributed by atoms with Crippen LogP contribution in [-0.4, -0.2) is 13.0 Å². The number of rotatable bonds is 0. The van der Waals surface area contributed by atoms with Gasteiger partial charge in [0.15, 0.2) is 0 Å². The predicted octanol–water partition coefficient (Wildman–Crippen LogP) is 2.29. The third kappa shape index (κ3) is 1.52. The number of nitrogens with zero attached hydrogens (tertiary/aromatic N) is 1. The van der Waals surface area contributed by atoms with Gasteiger partial charge in [-0.2, -0.15) is 0 Å². The normalized spacial score (nSPS) is 16.4. The maximum atomic E-state index is 11.6. The van der Waals surface area contributed by atoms with Crippen molar-refractivity contribution in [1.82, 2.24) is 0 Å². The van der Waals surface area contributed by atoms with E-state index in [9.17, 15) is 4.79 Å². The first kappa shape index (κ1) is 9.25. The van der Waals surface area contributed by atoms with Crippen LogP contribution < -0.4 is 4.90 Å². The van der Waals surface area contributed by atoms with Crippen LogP contribution in [0.5, 0.6) is 0 Å². The van der Waals surface area contributed by atoms with Gasteiger partial charge < -0.3 is 4.90 Å². The van der Waals surface area contributed by atoms with E-state index in [0.29, 0.717) is 6.42 Å². The predicted molar refractivity (Wildman–Crippen MR) is 57.5 cm³/mol. The number of aryl methyl sites for hydroxylation is 2. The quantitative estimate of drug-likeness (QED) is 0.613. The van der Waals surface area contributed by atoms with Crippen molar-refractivity contribution in [2.75, 3.05) is 11.9 Å². The number of hydrogen-bond acceptors (Lipinski definition) is 1. The summed E-state index contributed by atoms with van der Waals surface area (Å²) >= 11 is 0. The molecule has 74 valence electrons. The molecule has 1 amide bonds. The van der Waals surface area contributed by atoms with Crippen molar-refractivity contribution in [3.8, 4) is 0 Å². The van der Waals surface area contributed by atoms with Gasteiger partial charge in [-0.25, -0.2) is 0 Å². The molecule has 2 rings (SSSR count). The summed E-state index contributed by atoms with van der Waals surface area (Å²) in [4.78, 5) is 13.4. The lowest BCUT2D eigenvalue weighted by Crippen LogP contribution is -2.24. The van der Waals surface area contributed by atoms with Crippen molar-refractivity contribution in [1.29, 1.82) is 0 Å². The van der Waals surface area contributed by atoms with Gasteiger partial charge in [-0.05, 0) is 31.4 Å². The Morgan fingerprint density at radius 1 is 1.29 bits per heavy atom. The molecule has 0 spiro atoms. The van der Waals surface area contributed by atoms with E-state index in [2.05, 4.69) is 19.1 Å². The second-order valence-corrected chi connectivity index (χ2v) is 3.94. The molecule has 1 aliphatic rings. The molecule has 0 unspecified atom stereocenters. The number of hydrogen-bond donors (Lipinski definition) is 0. The Balaban J connectivity index is 2.48. The molecule has 14 heavy (non-hydrogen) atoms. The highest BCUT2D eigenvalue weighted by molar-refractivity contribution is 5.94. The van der Waals surface area contributed by atoms with E-state index in [4.69, 9.17) is 0 Å². The summed E-state index contributed by atoms with van der Waals surface area (Å²) in [5.41, 5.74) is 3.66. The molecule has 0 N–H and O–H groups in total. The fraction of sp³-hybridized carbons (Fsp3) is 0.417. The summed E-state index contributed by atoms with van der Waals surface area (Å²) in [5, 5.41) is 0. The van der Waals surface area contributed by atoms with E-state index in [1.165, 1.54) is 11.1 Å². The molecule has 0 aliphatic carbocycles. The minimum atomic E-state index is 0.229. The van der Waals surface area contributed by atoms with Crippen LogP contribution in [0, 0.1) is 6.92 Å². The summed E-state index contributed by atoms with van der Waals surface area (Å²) < 4.78 is 0. The van der Waals surface area contributed by atoms with E-state index >= 15 is 0 Å². The highest BCUT2D eigenvalue weighted by atomic mass is 16.2. The van der Waals surface area contributed by atoms with E-state index in [0.717, 1.165) is 18.5 Å². The number of amides is 1. The van der Waals surface area contributed by atoms with Crippen LogP contribution in [0.3, 0.4) is 0 Å². The summed E-state index contributed by atoms with van der Waals surface area (Å²) in [5.74, 6) is 0.229. The molecule has 0 atom stereocenters. The number of fused-ring (bicyclic) bond motifs is 1. The standard InChI is InChI=1S/C12H15NO/c1-9-6-7-11-10(8-9)4-3-5-12(14)13(11)2/h6-8H,3-5H2,1-2H3. The second kappa shape index (κ2) is 3.45. The SMILES string of the molecule is Cc1ccc2c(c1)CCCC(=O)N2C. The average molecular weight is 189 g/mol. The fourth-order valence-electron chi connectivity index (χ4n) is 1.97. The molecule has 0 radical (unpaired) electrons. The summed E-state index contributed by atoms with van der Waals surface area (Å²) in [6, 6.07) is 6.30. The van der Waals surface area contributed by atoms with E-state index in [-0.39, 0.29) is 5.91 Å². The highest BCUT2D eigenvalue weighted by Crippen LogP contribution is 2.26. The van der Waals surface area contributed by atoms with Gasteiger partial charge in [-0.15, -0.1) is 0 Å². The molecule has 2 nitrogen and oxygen atoms in total. The van der Waals surface area contributed by atoms with Crippen LogP contribution in [0.25, 0.3) is 0 Å². The lowest BCUT2D eigenvalue weighted by atomic mass is 10.1. The van der Waals surface area contributed by atoms with Gasteiger partial charge in [-0.1, -0.05) is 17.7 Å². The van der Waals surface area contributed by atoms with Crippen LogP contribution in [0.2, 0.25) is 0 Å². The molecular formula is C12H15NO. The monoisotopic (exact) mass is 189 g/mol. The van der Waals surface area contributed by atoms with E-state index < -0.39 is 0 Å². The molecule has 0 bridgehead atoms. The maximum Gasteiger partial charge on any atom is 0.226 e. The van der Waals surface area contributed by atoms with E-state index in [1.54, 1.807) is 4.90 Å². The Kier molecular flexibility index (Phi) is 2.28. The number of carbonyl (C=O) groups is 1. The van der Waals surface area contributed by atoms with Crippen LogP contribution in [-0.2, 0) is 11.2 Å². The molecule has 1 heterocycles. The third-order valence-electron chi connectivity index (χ3n) is 2.81. The molecule has 0 aromatic heterocycles. The highest BCUT2D eigenvalue weighted by Gasteiger charge is 2.17. The molecular weight excluding hydrogens is 174 g/mol. The van der Waals surface area contributed by atoms with Gasteiger partial charge in [0.1, 0.15) is 0 Å². The zero-order valence-corrected chi connectivity index (χ0v) is 8.71. The van der Waals surface area contributed by atoms with Crippen LogP contribution in [0.1, 0.15) is 24.0 Å². The van der Waals surface area contributed by atoms with Crippen molar-refractivity contribution < 1.29 is 4.79 Å². The minimum absolute atomic E-state index is 0.229. The largest absolute Gasteiger partial charge is 0.315 e. The Morgan fingerprint density at radius 2 is 2.07 bits per heavy atom. The summed E-state index contributed by atoms with van der Waals surface area (Å²) in [6.45, 7) is 2.09. The van der Waals surface area contributed by atoms with Gasteiger partial charge in [0, 0.05) is 19.2 Å². The summed E-state index contributed by atoms with van der Waals surface area (Å²) in [6.07, 6.45) is 2.66. The second-order valence-electron chi connectivity index (χ2n) is 3.94. The number of anilines is 1. The molecule has 1 aromatic carbocycles. The Morgan fingerprint density at radius 3 is 2.86 bits per heavy atom. The Hall–Kier alpha value is -1.31. The van der Waals surface area contributed by atoms with Crippen LogP contribution >= 0.6 is 0 Å². The molecule has 1 aliphatic heterocycles. The first-order chi connectivity index (χ1) is 6.68. The van der Waals surface area contributed by atoms with Crippen molar-refractivity contribution >= 4 is 11.6 Å². The molecule has 2 heteroatoms.